The van der Waals surface area contributed by atoms with Gasteiger partial charge in [-0.1, -0.05) is 12.1 Å². The van der Waals surface area contributed by atoms with Gasteiger partial charge in [0.05, 0.1) is 32.2 Å². The van der Waals surface area contributed by atoms with E-state index in [0.717, 1.165) is 0 Å². The largest absolute Gasteiger partial charge is 0.462 e. The maximum absolute atomic E-state index is 12.8. The van der Waals surface area contributed by atoms with Gasteiger partial charge in [0.15, 0.2) is 5.17 Å². The van der Waals surface area contributed by atoms with Crippen LogP contribution in [0.15, 0.2) is 56.8 Å². The van der Waals surface area contributed by atoms with Crippen molar-refractivity contribution in [2.45, 2.75) is 13.8 Å². The summed E-state index contributed by atoms with van der Waals surface area (Å²) >= 11 is 4.33. The van der Waals surface area contributed by atoms with Crippen molar-refractivity contribution in [3.63, 3.8) is 0 Å². The number of carbonyl (C=O) groups is 2. The van der Waals surface area contributed by atoms with E-state index in [-0.39, 0.29) is 18.2 Å². The molecular formula is C21H18BrN3O5S. The third kappa shape index (κ3) is 5.20. The molecule has 1 aliphatic rings. The monoisotopic (exact) mass is 503 g/mol. The van der Waals surface area contributed by atoms with Crippen molar-refractivity contribution in [1.29, 1.82) is 0 Å². The molecule has 8 nitrogen and oxygen atoms in total. The van der Waals surface area contributed by atoms with Crippen LogP contribution in [0.5, 0.6) is 0 Å². The summed E-state index contributed by atoms with van der Waals surface area (Å²) in [5.41, 5.74) is 1.34. The molecular weight excluding hydrogens is 486 g/mol. The van der Waals surface area contributed by atoms with Crippen molar-refractivity contribution < 1.29 is 19.2 Å². The minimum absolute atomic E-state index is 0.0817. The van der Waals surface area contributed by atoms with E-state index in [9.17, 15) is 19.7 Å². The minimum Gasteiger partial charge on any atom is -0.462 e. The Bertz CT molecular complexity index is 1120. The maximum Gasteiger partial charge on any atom is 0.338 e. The first kappa shape index (κ1) is 22.7. The van der Waals surface area contributed by atoms with Crippen LogP contribution in [0.4, 0.5) is 11.4 Å². The van der Waals surface area contributed by atoms with Gasteiger partial charge in [0.25, 0.3) is 11.6 Å². The quantitative estimate of drug-likeness (QED) is 0.233. The van der Waals surface area contributed by atoms with E-state index < -0.39 is 10.9 Å². The van der Waals surface area contributed by atoms with Gasteiger partial charge in [-0.2, -0.15) is 0 Å². The van der Waals surface area contributed by atoms with E-state index in [1.54, 1.807) is 49.4 Å². The molecule has 2 aromatic rings. The molecule has 0 atom stereocenters. The van der Waals surface area contributed by atoms with Gasteiger partial charge < -0.3 is 4.74 Å². The van der Waals surface area contributed by atoms with Gasteiger partial charge in [0.2, 0.25) is 0 Å². The third-order valence-corrected chi connectivity index (χ3v) is 5.93. The van der Waals surface area contributed by atoms with Crippen molar-refractivity contribution in [1.82, 2.24) is 4.90 Å². The second kappa shape index (κ2) is 9.88. The number of ether oxygens (including phenoxy) is 1. The SMILES string of the molecule is CCOC(=O)c1cccc(N=C2SC(=Cc3ccc(Br)c([N+](=O)[O-])c3)C(=O)N2CC)c1. The highest BCUT2D eigenvalue weighted by Crippen LogP contribution is 2.35. The number of amides is 1. The molecule has 0 aromatic heterocycles. The van der Waals surface area contributed by atoms with Crippen molar-refractivity contribution >= 4 is 62.2 Å². The normalized spacial score (nSPS) is 16.2. The number of carbonyl (C=O) groups excluding carboxylic acids is 2. The summed E-state index contributed by atoms with van der Waals surface area (Å²) in [5.74, 6) is -0.678. The lowest BCUT2D eigenvalue weighted by atomic mass is 10.2. The lowest BCUT2D eigenvalue weighted by Crippen LogP contribution is -2.28. The summed E-state index contributed by atoms with van der Waals surface area (Å²) in [6, 6.07) is 11.3. The molecule has 1 aliphatic heterocycles. The number of rotatable bonds is 6. The molecule has 3 rings (SSSR count). The average Bonchev–Trinajstić information content (AvgIpc) is 3.03. The van der Waals surface area contributed by atoms with Gasteiger partial charge in [0.1, 0.15) is 0 Å². The van der Waals surface area contributed by atoms with Crippen LogP contribution in [0.2, 0.25) is 0 Å². The molecule has 0 saturated carbocycles. The molecule has 10 heteroatoms. The van der Waals surface area contributed by atoms with Gasteiger partial charge in [-0.15, -0.1) is 0 Å². The maximum atomic E-state index is 12.8. The Balaban J connectivity index is 1.93. The zero-order chi connectivity index (χ0) is 22.5. The molecule has 0 N–H and O–H groups in total. The van der Waals surface area contributed by atoms with Crippen LogP contribution in [0.1, 0.15) is 29.8 Å². The topological polar surface area (TPSA) is 102 Å². The molecule has 160 valence electrons. The Morgan fingerprint density at radius 3 is 2.74 bits per heavy atom. The predicted octanol–water partition coefficient (Wildman–Crippen LogP) is 5.16. The van der Waals surface area contributed by atoms with Crippen molar-refractivity contribution in [3.05, 3.63) is 73.1 Å². The standard InChI is InChI=1S/C21H18BrN3O5S/c1-3-24-19(26)18(11-13-8-9-16(22)17(10-13)25(28)29)31-21(24)23-15-7-5-6-14(12-15)20(27)30-4-2/h5-12H,3-4H2,1-2H3. The second-order valence-electron chi connectivity index (χ2n) is 6.29. The van der Waals surface area contributed by atoms with E-state index in [2.05, 4.69) is 20.9 Å². The molecule has 0 spiro atoms. The van der Waals surface area contributed by atoms with Crippen LogP contribution < -0.4 is 0 Å². The number of halogens is 1. The number of nitro benzene ring substituents is 1. The summed E-state index contributed by atoms with van der Waals surface area (Å²) < 4.78 is 5.38. The lowest BCUT2D eigenvalue weighted by Gasteiger charge is -2.12. The van der Waals surface area contributed by atoms with Crippen molar-refractivity contribution in [2.75, 3.05) is 13.2 Å². The Labute approximate surface area is 191 Å². The highest BCUT2D eigenvalue weighted by atomic mass is 79.9. The van der Waals surface area contributed by atoms with E-state index in [1.165, 1.54) is 22.7 Å². The molecule has 1 saturated heterocycles. The Kier molecular flexibility index (Phi) is 7.24. The Morgan fingerprint density at radius 1 is 1.29 bits per heavy atom. The smallest absolute Gasteiger partial charge is 0.338 e. The molecule has 31 heavy (non-hydrogen) atoms. The third-order valence-electron chi connectivity index (χ3n) is 4.25. The number of hydrogen-bond donors (Lipinski definition) is 0. The van der Waals surface area contributed by atoms with Gasteiger partial charge in [-0.25, -0.2) is 9.79 Å². The van der Waals surface area contributed by atoms with Crippen LogP contribution in [-0.2, 0) is 9.53 Å². The first-order valence-electron chi connectivity index (χ1n) is 9.35. The van der Waals surface area contributed by atoms with Crippen LogP contribution >= 0.6 is 27.7 Å². The Hall–Kier alpha value is -2.98. The number of nitrogens with zero attached hydrogens (tertiary/aromatic N) is 3. The van der Waals surface area contributed by atoms with Gasteiger partial charge >= 0.3 is 5.97 Å². The fourth-order valence-corrected chi connectivity index (χ4v) is 4.26. The second-order valence-corrected chi connectivity index (χ2v) is 8.16. The highest BCUT2D eigenvalue weighted by molar-refractivity contribution is 9.10. The van der Waals surface area contributed by atoms with Crippen LogP contribution in [0.3, 0.4) is 0 Å². The summed E-state index contributed by atoms with van der Waals surface area (Å²) in [7, 11) is 0. The van der Waals surface area contributed by atoms with E-state index in [4.69, 9.17) is 4.74 Å². The molecule has 0 radical (unpaired) electrons. The fraction of sp³-hybridized carbons (Fsp3) is 0.190. The van der Waals surface area contributed by atoms with Crippen LogP contribution in [-0.4, -0.2) is 40.0 Å². The zero-order valence-corrected chi connectivity index (χ0v) is 19.1. The first-order chi connectivity index (χ1) is 14.8. The van der Waals surface area contributed by atoms with Crippen LogP contribution in [0, 0.1) is 10.1 Å². The van der Waals surface area contributed by atoms with Crippen molar-refractivity contribution in [3.8, 4) is 0 Å². The van der Waals surface area contributed by atoms with E-state index in [1.807, 2.05) is 6.92 Å². The number of esters is 1. The molecule has 1 heterocycles. The summed E-state index contributed by atoms with van der Waals surface area (Å²) in [6.07, 6.45) is 1.60. The molecule has 0 aliphatic carbocycles. The minimum atomic E-state index is -0.489. The highest BCUT2D eigenvalue weighted by Gasteiger charge is 2.32. The number of likely N-dealkylation sites (N-methyl/N-ethyl adjacent to an activating group) is 1. The summed E-state index contributed by atoms with van der Waals surface area (Å²) in [5, 5.41) is 11.6. The van der Waals surface area contributed by atoms with Crippen molar-refractivity contribution in [2.24, 2.45) is 4.99 Å². The van der Waals surface area contributed by atoms with Gasteiger partial charge in [0, 0.05) is 12.6 Å². The molecule has 2 aromatic carbocycles. The lowest BCUT2D eigenvalue weighted by molar-refractivity contribution is -0.385. The number of nitro groups is 1. The fourth-order valence-electron chi connectivity index (χ4n) is 2.81. The zero-order valence-electron chi connectivity index (χ0n) is 16.7. The van der Waals surface area contributed by atoms with Gasteiger partial charge in [-0.05, 0) is 77.4 Å². The molecule has 1 fully saturated rings. The molecule has 0 unspecified atom stereocenters. The summed E-state index contributed by atoms with van der Waals surface area (Å²) in [6.45, 7) is 4.24. The molecule has 0 bridgehead atoms. The number of hydrogen-bond acceptors (Lipinski definition) is 7. The number of thioether (sulfide) groups is 1. The number of amidine groups is 1. The number of benzene rings is 2. The predicted molar refractivity (Wildman–Crippen MR) is 123 cm³/mol. The van der Waals surface area contributed by atoms with Gasteiger partial charge in [-0.3, -0.25) is 19.8 Å². The average molecular weight is 504 g/mol. The summed E-state index contributed by atoms with van der Waals surface area (Å²) in [4.78, 5) is 41.9. The van der Waals surface area contributed by atoms with E-state index >= 15 is 0 Å². The number of aliphatic imine (C=N–C) groups is 1. The Morgan fingerprint density at radius 2 is 2.06 bits per heavy atom. The molecule has 1 amide bonds. The van der Waals surface area contributed by atoms with Crippen LogP contribution in [0.25, 0.3) is 6.08 Å². The van der Waals surface area contributed by atoms with E-state index in [0.29, 0.717) is 37.9 Å². The first-order valence-corrected chi connectivity index (χ1v) is 11.0.